The molecule has 3 heterocycles. The number of carbonyl (C=O) groups is 3. The molecule has 2 amide bonds. The summed E-state index contributed by atoms with van der Waals surface area (Å²) in [7, 11) is -4.39. The molecular weight excluding hydrogens is 717 g/mol. The van der Waals surface area contributed by atoms with Crippen LogP contribution in [0.5, 0.6) is 0 Å². The second kappa shape index (κ2) is 15.4. The Kier molecular flexibility index (Phi) is 11.4. The van der Waals surface area contributed by atoms with Crippen LogP contribution in [0.25, 0.3) is 0 Å². The molecule has 12 nitrogen and oxygen atoms in total. The first kappa shape index (κ1) is 37.1. The number of alkyl halides is 2. The van der Waals surface area contributed by atoms with Crippen LogP contribution >= 0.6 is 23.2 Å². The predicted molar refractivity (Wildman–Crippen MR) is 179 cm³/mol. The molecule has 2 aliphatic rings. The fraction of sp³-hybridized carbons (Fsp3) is 0.364. The lowest BCUT2D eigenvalue weighted by Crippen LogP contribution is -2.51. The summed E-state index contributed by atoms with van der Waals surface area (Å²) in [5.74, 6) is -5.10. The molecule has 1 aromatic heterocycles. The highest BCUT2D eigenvalue weighted by Crippen LogP contribution is 2.35. The highest BCUT2D eigenvalue weighted by atomic mass is 35.5. The number of amides is 2. The smallest absolute Gasteiger partial charge is 0.328 e. The number of nitrogens with one attached hydrogen (secondary N) is 2. The van der Waals surface area contributed by atoms with Crippen molar-refractivity contribution in [2.45, 2.75) is 55.1 Å². The van der Waals surface area contributed by atoms with E-state index >= 15 is 0 Å². The minimum absolute atomic E-state index is 0.000704. The van der Waals surface area contributed by atoms with Crippen LogP contribution in [-0.2, 0) is 30.8 Å². The number of benzene rings is 2. The van der Waals surface area contributed by atoms with Gasteiger partial charge in [0.05, 0.1) is 45.3 Å². The van der Waals surface area contributed by atoms with Crippen LogP contribution in [0.3, 0.4) is 0 Å². The minimum Gasteiger partial charge on any atom is -0.464 e. The number of aromatic nitrogens is 1. The highest BCUT2D eigenvalue weighted by molar-refractivity contribution is 7.89. The number of likely N-dealkylation sites (tertiary alicyclic amines) is 1. The maximum atomic E-state index is 14.2. The lowest BCUT2D eigenvalue weighted by Gasteiger charge is -2.25. The van der Waals surface area contributed by atoms with Gasteiger partial charge in [-0.15, -0.1) is 0 Å². The third-order valence-corrected chi connectivity index (χ3v) is 10.9. The molecule has 0 spiro atoms. The summed E-state index contributed by atoms with van der Waals surface area (Å²) in [6.07, 6.45) is 2.01. The number of hydrogen-bond donors (Lipinski definition) is 2. The number of anilines is 1. The number of pyridine rings is 1. The third-order valence-electron chi connectivity index (χ3n) is 8.44. The Labute approximate surface area is 297 Å². The van der Waals surface area contributed by atoms with E-state index in [2.05, 4.69) is 15.6 Å². The molecule has 0 radical (unpaired) electrons. The fourth-order valence-corrected chi connectivity index (χ4v) is 8.19. The normalized spacial score (nSPS) is 19.8. The van der Waals surface area contributed by atoms with Gasteiger partial charge < -0.3 is 15.4 Å². The first-order chi connectivity index (χ1) is 23.7. The van der Waals surface area contributed by atoms with Gasteiger partial charge in [-0.05, 0) is 49.2 Å². The van der Waals surface area contributed by atoms with Crippen molar-refractivity contribution in [2.75, 3.05) is 31.6 Å². The molecule has 0 aliphatic carbocycles. The molecule has 2 aliphatic heterocycles. The molecular formula is C33H32Cl2F2N6O6S. The SMILES string of the molecule is CCOC(=O)[C@H](Cc1ccc(NC(=O)c2c(Cl)cncc2Cl)cc1)NC(=O)C1C[C@@H](N2CCC(F)(F)C2)CN1S(=O)(=O)c1cccc(C#N)c1. The molecule has 0 bridgehead atoms. The van der Waals surface area contributed by atoms with Gasteiger partial charge >= 0.3 is 5.97 Å². The molecule has 50 heavy (non-hydrogen) atoms. The quantitative estimate of drug-likeness (QED) is 0.273. The van der Waals surface area contributed by atoms with E-state index in [-0.39, 0.29) is 58.6 Å². The van der Waals surface area contributed by atoms with Crippen molar-refractivity contribution in [3.05, 3.63) is 87.7 Å². The molecule has 0 saturated carbocycles. The summed E-state index contributed by atoms with van der Waals surface area (Å²) >= 11 is 12.2. The molecule has 3 aromatic rings. The molecule has 17 heteroatoms. The van der Waals surface area contributed by atoms with Crippen LogP contribution in [0.4, 0.5) is 14.5 Å². The van der Waals surface area contributed by atoms with Crippen molar-refractivity contribution in [1.29, 1.82) is 5.26 Å². The molecule has 2 fully saturated rings. The van der Waals surface area contributed by atoms with E-state index < -0.39 is 64.8 Å². The van der Waals surface area contributed by atoms with E-state index in [0.29, 0.717) is 11.3 Å². The van der Waals surface area contributed by atoms with Crippen molar-refractivity contribution in [3.8, 4) is 6.07 Å². The maximum absolute atomic E-state index is 14.2. The van der Waals surface area contributed by atoms with E-state index in [1.807, 2.05) is 6.07 Å². The summed E-state index contributed by atoms with van der Waals surface area (Å²) in [5, 5.41) is 14.8. The van der Waals surface area contributed by atoms with E-state index in [4.69, 9.17) is 27.9 Å². The van der Waals surface area contributed by atoms with E-state index in [9.17, 15) is 36.8 Å². The Morgan fingerprint density at radius 1 is 1.14 bits per heavy atom. The van der Waals surface area contributed by atoms with Crippen molar-refractivity contribution >= 4 is 56.7 Å². The second-order valence-corrected chi connectivity index (χ2v) is 14.5. The number of hydrogen-bond acceptors (Lipinski definition) is 9. The zero-order valence-corrected chi connectivity index (χ0v) is 28.9. The number of nitrogens with zero attached hydrogens (tertiary/aromatic N) is 4. The molecule has 3 atom stereocenters. The van der Waals surface area contributed by atoms with Gasteiger partial charge in [-0.25, -0.2) is 22.0 Å². The number of ether oxygens (including phenoxy) is 1. The van der Waals surface area contributed by atoms with Crippen LogP contribution in [0.2, 0.25) is 10.0 Å². The van der Waals surface area contributed by atoms with Gasteiger partial charge in [-0.3, -0.25) is 19.5 Å². The molecule has 5 rings (SSSR count). The van der Waals surface area contributed by atoms with Gasteiger partial charge in [0.1, 0.15) is 12.1 Å². The number of sulfonamides is 1. The van der Waals surface area contributed by atoms with Gasteiger partial charge in [-0.1, -0.05) is 41.4 Å². The van der Waals surface area contributed by atoms with Crippen LogP contribution in [0.1, 0.15) is 41.3 Å². The summed E-state index contributed by atoms with van der Waals surface area (Å²) in [4.78, 5) is 44.8. The average molecular weight is 750 g/mol. The summed E-state index contributed by atoms with van der Waals surface area (Å²) in [6.45, 7) is 0.788. The Bertz CT molecular complexity index is 1910. The maximum Gasteiger partial charge on any atom is 0.328 e. The van der Waals surface area contributed by atoms with Gasteiger partial charge in [0, 0.05) is 50.1 Å². The number of rotatable bonds is 11. The van der Waals surface area contributed by atoms with Crippen LogP contribution in [0, 0.1) is 11.3 Å². The lowest BCUT2D eigenvalue weighted by atomic mass is 10.0. The highest BCUT2D eigenvalue weighted by Gasteiger charge is 2.50. The number of nitriles is 1. The molecule has 2 aromatic carbocycles. The van der Waals surface area contributed by atoms with E-state index in [0.717, 1.165) is 4.31 Å². The van der Waals surface area contributed by atoms with Gasteiger partial charge in [0.25, 0.3) is 11.8 Å². The zero-order valence-electron chi connectivity index (χ0n) is 26.6. The number of carbonyl (C=O) groups excluding carboxylic acids is 3. The van der Waals surface area contributed by atoms with Crippen molar-refractivity contribution in [1.82, 2.24) is 19.5 Å². The Balaban J connectivity index is 1.36. The topological polar surface area (TPSA) is 162 Å². The summed E-state index contributed by atoms with van der Waals surface area (Å²) in [6, 6.07) is 10.2. The third kappa shape index (κ3) is 8.39. The van der Waals surface area contributed by atoms with Crippen LogP contribution in [-0.4, -0.2) is 90.7 Å². The molecule has 264 valence electrons. The molecule has 2 N–H and O–H groups in total. The monoisotopic (exact) mass is 748 g/mol. The average Bonchev–Trinajstić information content (AvgIpc) is 3.69. The van der Waals surface area contributed by atoms with Gasteiger partial charge in [0.15, 0.2) is 0 Å². The van der Waals surface area contributed by atoms with Gasteiger partial charge in [-0.2, -0.15) is 9.57 Å². The first-order valence-corrected chi connectivity index (χ1v) is 17.7. The lowest BCUT2D eigenvalue weighted by molar-refractivity contribution is -0.147. The number of esters is 1. The Hall–Kier alpha value is -4.20. The first-order valence-electron chi connectivity index (χ1n) is 15.5. The molecule has 2 saturated heterocycles. The van der Waals surface area contributed by atoms with Gasteiger partial charge in [0.2, 0.25) is 15.9 Å². The summed E-state index contributed by atoms with van der Waals surface area (Å²) in [5.41, 5.74) is 1.06. The van der Waals surface area contributed by atoms with Crippen molar-refractivity contribution < 1.29 is 36.3 Å². The second-order valence-electron chi connectivity index (χ2n) is 11.8. The van der Waals surface area contributed by atoms with Crippen molar-refractivity contribution in [2.24, 2.45) is 0 Å². The minimum atomic E-state index is -4.39. The number of halogens is 4. The van der Waals surface area contributed by atoms with Crippen LogP contribution < -0.4 is 10.6 Å². The van der Waals surface area contributed by atoms with E-state index in [1.165, 1.54) is 41.6 Å². The standard InChI is InChI=1S/C33H32Cl2F2N6O6S/c1-2-49-32(46)27(13-20-6-8-22(9-7-20)40-31(45)29-25(34)16-39-17-26(29)35)41-30(44)28-14-23(42-11-10-33(36,37)19-42)18-43(28)50(47,48)24-5-3-4-21(12-24)15-38/h3-9,12,16-17,23,27-28H,2,10-11,13-14,18-19H2,1H3,(H,40,45)(H,41,44)/t23-,27+,28?/m1/s1. The Morgan fingerprint density at radius 2 is 1.84 bits per heavy atom. The summed E-state index contributed by atoms with van der Waals surface area (Å²) < 4.78 is 62.2. The fourth-order valence-electron chi connectivity index (χ4n) is 5.97. The predicted octanol–water partition coefficient (Wildman–Crippen LogP) is 4.28. The zero-order chi connectivity index (χ0) is 36.2. The van der Waals surface area contributed by atoms with Crippen LogP contribution in [0.15, 0.2) is 65.8 Å². The van der Waals surface area contributed by atoms with Crippen molar-refractivity contribution in [3.63, 3.8) is 0 Å². The largest absolute Gasteiger partial charge is 0.464 e. The van der Waals surface area contributed by atoms with E-state index in [1.54, 1.807) is 31.2 Å². The molecule has 1 unspecified atom stereocenters. The Morgan fingerprint density at radius 3 is 2.46 bits per heavy atom.